The maximum Gasteiger partial charge on any atom is 0.298 e. The van der Waals surface area contributed by atoms with Gasteiger partial charge in [0.2, 0.25) is 0 Å². The van der Waals surface area contributed by atoms with Gasteiger partial charge in [0.15, 0.2) is 27.5 Å². The van der Waals surface area contributed by atoms with Crippen LogP contribution in [-0.2, 0) is 11.0 Å². The number of pyridine rings is 1. The van der Waals surface area contributed by atoms with E-state index in [-0.39, 0.29) is 10.8 Å². The lowest BCUT2D eigenvalue weighted by Gasteiger charge is -2.11. The first kappa shape index (κ1) is 17.9. The van der Waals surface area contributed by atoms with Gasteiger partial charge in [-0.3, -0.25) is 9.52 Å². The number of amides is 1. The molecule has 0 radical (unpaired) electrons. The van der Waals surface area contributed by atoms with Crippen molar-refractivity contribution in [3.8, 4) is 5.75 Å². The summed E-state index contributed by atoms with van der Waals surface area (Å²) in [6.45, 7) is 2.22. The first-order valence-corrected chi connectivity index (χ1v) is 9.16. The largest absolute Gasteiger partial charge is 0.491 e. The second-order valence-corrected chi connectivity index (χ2v) is 6.80. The molecule has 7 nitrogen and oxygen atoms in total. The van der Waals surface area contributed by atoms with Gasteiger partial charge in [0.05, 0.1) is 6.61 Å². The Kier molecular flexibility index (Phi) is 5.22. The number of nitrogens with one attached hydrogen (secondary N) is 1. The van der Waals surface area contributed by atoms with Crippen LogP contribution < -0.4 is 14.4 Å². The molecule has 3 aromatic rings. The van der Waals surface area contributed by atoms with E-state index in [2.05, 4.69) is 9.71 Å². The van der Waals surface area contributed by atoms with E-state index >= 15 is 0 Å². The Morgan fingerprint density at radius 3 is 2.85 bits per heavy atom. The van der Waals surface area contributed by atoms with Crippen LogP contribution in [0, 0.1) is 0 Å². The molecule has 136 valence electrons. The molecule has 2 aromatic heterocycles. The van der Waals surface area contributed by atoms with Crippen molar-refractivity contribution < 1.29 is 18.2 Å². The molecule has 0 fully saturated rings. The summed E-state index contributed by atoms with van der Waals surface area (Å²) >= 11 is 0. The fraction of sp³-hybridized carbons (Fsp3) is 0.222. The zero-order chi connectivity index (χ0) is 18.7. The summed E-state index contributed by atoms with van der Waals surface area (Å²) in [5.41, 5.74) is 1.54. The Morgan fingerprint density at radius 2 is 2.12 bits per heavy atom. The second-order valence-electron chi connectivity index (χ2n) is 5.67. The summed E-state index contributed by atoms with van der Waals surface area (Å²) in [5.74, 6) is -0.133. The lowest BCUT2D eigenvalue weighted by molar-refractivity contribution is 0.0958. The van der Waals surface area contributed by atoms with Crippen LogP contribution in [0.25, 0.3) is 11.0 Å². The van der Waals surface area contributed by atoms with E-state index < -0.39 is 16.9 Å². The lowest BCUT2D eigenvalue weighted by atomic mass is 10.2. The van der Waals surface area contributed by atoms with Crippen molar-refractivity contribution in [2.75, 3.05) is 25.6 Å². The highest BCUT2D eigenvalue weighted by Gasteiger charge is 2.19. The van der Waals surface area contributed by atoms with Crippen LogP contribution in [0.4, 0.5) is 5.69 Å². The predicted molar refractivity (Wildman–Crippen MR) is 99.8 cm³/mol. The quantitative estimate of drug-likeness (QED) is 0.715. The first-order chi connectivity index (χ1) is 12.5. The molecule has 1 amide bonds. The molecule has 0 bridgehead atoms. The van der Waals surface area contributed by atoms with Crippen molar-refractivity contribution in [3.05, 3.63) is 48.4 Å². The van der Waals surface area contributed by atoms with Crippen LogP contribution in [0.3, 0.4) is 0 Å². The number of ether oxygens (including phenoxy) is 1. The Bertz CT molecular complexity index is 968. The van der Waals surface area contributed by atoms with Crippen molar-refractivity contribution in [2.24, 2.45) is 0 Å². The third-order valence-corrected chi connectivity index (χ3v) is 4.67. The van der Waals surface area contributed by atoms with Gasteiger partial charge in [0.25, 0.3) is 5.91 Å². The number of carbonyl (C=O) groups excluding carboxylic acids is 1. The average Bonchev–Trinajstić information content (AvgIpc) is 3.05. The molecular formula is C18H19N3O4S. The highest BCUT2D eigenvalue weighted by Crippen LogP contribution is 2.25. The molecule has 26 heavy (non-hydrogen) atoms. The van der Waals surface area contributed by atoms with E-state index in [4.69, 9.17) is 9.15 Å². The summed E-state index contributed by atoms with van der Waals surface area (Å²) in [4.78, 5) is 18.4. The molecular weight excluding hydrogens is 354 g/mol. The molecule has 1 unspecified atom stereocenters. The fourth-order valence-corrected chi connectivity index (χ4v) is 3.21. The van der Waals surface area contributed by atoms with Gasteiger partial charge in [-0.25, -0.2) is 9.19 Å². The maximum atomic E-state index is 12.5. The molecule has 0 aliphatic carbocycles. The molecule has 1 aromatic carbocycles. The number of hydrogen-bond donors (Lipinski definition) is 1. The normalized spacial score (nSPS) is 12.0. The summed E-state index contributed by atoms with van der Waals surface area (Å²) in [7, 11) is 1.98. The Hall–Kier alpha value is -2.87. The minimum absolute atomic E-state index is 0.0816. The Morgan fingerprint density at radius 1 is 1.31 bits per heavy atom. The third kappa shape index (κ3) is 3.70. The van der Waals surface area contributed by atoms with E-state index in [0.29, 0.717) is 17.9 Å². The van der Waals surface area contributed by atoms with Crippen LogP contribution in [-0.4, -0.2) is 35.8 Å². The fourth-order valence-electron chi connectivity index (χ4n) is 2.37. The van der Waals surface area contributed by atoms with Crippen molar-refractivity contribution in [3.63, 3.8) is 0 Å². The smallest absolute Gasteiger partial charge is 0.298 e. The minimum Gasteiger partial charge on any atom is -0.491 e. The number of rotatable bonds is 6. The van der Waals surface area contributed by atoms with Crippen molar-refractivity contribution >= 4 is 33.5 Å². The number of furan rings is 1. The van der Waals surface area contributed by atoms with E-state index in [1.807, 2.05) is 44.1 Å². The summed E-state index contributed by atoms with van der Waals surface area (Å²) in [5, 5.41) is 0.952. The predicted octanol–water partition coefficient (Wildman–Crippen LogP) is 2.75. The molecule has 0 aliphatic heterocycles. The van der Waals surface area contributed by atoms with E-state index in [1.54, 1.807) is 18.2 Å². The van der Waals surface area contributed by atoms with Crippen LogP contribution in [0.5, 0.6) is 5.75 Å². The zero-order valence-electron chi connectivity index (χ0n) is 14.7. The number of benzene rings is 1. The van der Waals surface area contributed by atoms with Gasteiger partial charge in [-0.05, 0) is 37.3 Å². The molecule has 8 heteroatoms. The third-order valence-electron chi connectivity index (χ3n) is 3.64. The van der Waals surface area contributed by atoms with Gasteiger partial charge in [-0.2, -0.15) is 0 Å². The average molecular weight is 373 g/mol. The zero-order valence-corrected chi connectivity index (χ0v) is 15.5. The van der Waals surface area contributed by atoms with Crippen LogP contribution in [0.1, 0.15) is 17.5 Å². The number of carbonyl (C=O) groups is 1. The van der Waals surface area contributed by atoms with Crippen LogP contribution >= 0.6 is 0 Å². The highest BCUT2D eigenvalue weighted by molar-refractivity contribution is 7.83. The molecule has 0 saturated carbocycles. The van der Waals surface area contributed by atoms with Gasteiger partial charge < -0.3 is 14.1 Å². The second kappa shape index (κ2) is 7.57. The monoisotopic (exact) mass is 373 g/mol. The van der Waals surface area contributed by atoms with E-state index in [1.165, 1.54) is 6.20 Å². The van der Waals surface area contributed by atoms with Crippen molar-refractivity contribution in [2.45, 2.75) is 11.9 Å². The first-order valence-electron chi connectivity index (χ1n) is 8.01. The van der Waals surface area contributed by atoms with E-state index in [0.717, 1.165) is 11.1 Å². The number of aromatic nitrogens is 1. The molecule has 0 spiro atoms. The molecule has 0 saturated heterocycles. The van der Waals surface area contributed by atoms with Gasteiger partial charge >= 0.3 is 0 Å². The molecule has 1 N–H and O–H groups in total. The Balaban J connectivity index is 1.82. The SMILES string of the molecule is CCOc1cccnc1S(=O)NC(=O)c1cc2ccc(N(C)C)cc2o1. The summed E-state index contributed by atoms with van der Waals surface area (Å²) in [6.07, 6.45) is 1.49. The van der Waals surface area contributed by atoms with Gasteiger partial charge in [0.1, 0.15) is 5.58 Å². The van der Waals surface area contributed by atoms with Crippen molar-refractivity contribution in [1.29, 1.82) is 0 Å². The molecule has 0 aliphatic rings. The highest BCUT2D eigenvalue weighted by atomic mass is 32.2. The molecule has 3 rings (SSSR count). The van der Waals surface area contributed by atoms with Crippen molar-refractivity contribution in [1.82, 2.24) is 9.71 Å². The number of fused-ring (bicyclic) bond motifs is 1. The topological polar surface area (TPSA) is 84.7 Å². The molecule has 2 heterocycles. The minimum atomic E-state index is -1.86. The van der Waals surface area contributed by atoms with E-state index in [9.17, 15) is 9.00 Å². The summed E-state index contributed by atoms with van der Waals surface area (Å²) in [6, 6.07) is 10.6. The number of anilines is 1. The van der Waals surface area contributed by atoms with Gasteiger partial charge in [-0.1, -0.05) is 0 Å². The number of nitrogens with zero attached hydrogens (tertiary/aromatic N) is 2. The van der Waals surface area contributed by atoms with Crippen LogP contribution in [0.2, 0.25) is 0 Å². The summed E-state index contributed by atoms with van der Waals surface area (Å²) < 4.78 is 25.9. The van der Waals surface area contributed by atoms with Gasteiger partial charge in [-0.15, -0.1) is 0 Å². The number of hydrogen-bond acceptors (Lipinski definition) is 6. The Labute approximate surface area is 153 Å². The standard InChI is InChI=1S/C18H19N3O4S/c1-4-24-14-6-5-9-19-18(14)26(23)20-17(22)16-10-12-7-8-13(21(2)3)11-15(12)25-16/h5-11H,4H2,1-3H3,(H,20,22). The van der Waals surface area contributed by atoms with Crippen LogP contribution in [0.15, 0.2) is 52.0 Å². The van der Waals surface area contributed by atoms with Gasteiger partial charge in [0, 0.05) is 37.4 Å². The lowest BCUT2D eigenvalue weighted by Crippen LogP contribution is -2.26. The molecule has 1 atom stereocenters. The maximum absolute atomic E-state index is 12.5.